The van der Waals surface area contributed by atoms with Gasteiger partial charge in [0.05, 0.1) is 17.7 Å². The topological polar surface area (TPSA) is 55.4 Å². The number of anilines is 1. The van der Waals surface area contributed by atoms with E-state index >= 15 is 0 Å². The number of sulfonamides is 1. The van der Waals surface area contributed by atoms with Gasteiger partial charge in [0.25, 0.3) is 10.0 Å². The molecule has 0 atom stereocenters. The molecule has 0 unspecified atom stereocenters. The van der Waals surface area contributed by atoms with Crippen LogP contribution in [0.25, 0.3) is 0 Å². The molecule has 0 saturated carbocycles. The van der Waals surface area contributed by atoms with Gasteiger partial charge in [-0.05, 0) is 55.7 Å². The minimum Gasteiger partial charge on any atom is -0.497 e. The van der Waals surface area contributed by atoms with Crippen LogP contribution < -0.4 is 9.46 Å². The van der Waals surface area contributed by atoms with Crippen LogP contribution in [-0.2, 0) is 16.4 Å². The van der Waals surface area contributed by atoms with E-state index in [0.29, 0.717) is 17.9 Å². The minimum absolute atomic E-state index is 0.244. The Kier molecular flexibility index (Phi) is 5.45. The van der Waals surface area contributed by atoms with Gasteiger partial charge in [-0.3, -0.25) is 4.72 Å². The Morgan fingerprint density at radius 3 is 2.48 bits per heavy atom. The first-order valence-electron chi connectivity index (χ1n) is 7.33. The van der Waals surface area contributed by atoms with Gasteiger partial charge in [-0.1, -0.05) is 23.8 Å². The van der Waals surface area contributed by atoms with Gasteiger partial charge in [-0.25, -0.2) is 8.42 Å². The fraction of sp³-hybridized carbons (Fsp3) is 0.222. The molecule has 4 nitrogen and oxygen atoms in total. The smallest absolute Gasteiger partial charge is 0.261 e. The van der Waals surface area contributed by atoms with Crippen molar-refractivity contribution in [3.8, 4) is 5.75 Å². The summed E-state index contributed by atoms with van der Waals surface area (Å²) in [5.41, 5.74) is 2.45. The molecule has 0 radical (unpaired) electrons. The molecule has 0 spiro atoms. The molecule has 2 aromatic rings. The fourth-order valence-corrected chi connectivity index (χ4v) is 3.28. The molecule has 0 aliphatic carbocycles. The van der Waals surface area contributed by atoms with Crippen LogP contribution in [0.4, 0.5) is 5.69 Å². The molecule has 0 aromatic heterocycles. The van der Waals surface area contributed by atoms with Gasteiger partial charge in [0.1, 0.15) is 5.75 Å². The van der Waals surface area contributed by atoms with E-state index in [4.69, 9.17) is 4.74 Å². The average molecular weight is 331 g/mol. The van der Waals surface area contributed by atoms with Crippen molar-refractivity contribution in [2.45, 2.75) is 24.7 Å². The van der Waals surface area contributed by atoms with Crippen LogP contribution in [0.1, 0.15) is 17.5 Å². The number of allylic oxidation sites excluding steroid dienone is 1. The fourth-order valence-electron chi connectivity index (χ4n) is 2.18. The first-order chi connectivity index (χ1) is 11.0. The molecule has 0 fully saturated rings. The summed E-state index contributed by atoms with van der Waals surface area (Å²) >= 11 is 0. The molecule has 0 bridgehead atoms. The van der Waals surface area contributed by atoms with E-state index in [2.05, 4.69) is 11.3 Å². The molecule has 2 rings (SSSR count). The van der Waals surface area contributed by atoms with Crippen LogP contribution in [-0.4, -0.2) is 15.5 Å². The molecule has 122 valence electrons. The second-order valence-corrected chi connectivity index (χ2v) is 6.95. The molecule has 5 heteroatoms. The lowest BCUT2D eigenvalue weighted by Gasteiger charge is -2.14. The highest BCUT2D eigenvalue weighted by molar-refractivity contribution is 7.92. The van der Waals surface area contributed by atoms with Crippen LogP contribution in [0.3, 0.4) is 0 Å². The number of hydrogen-bond acceptors (Lipinski definition) is 3. The van der Waals surface area contributed by atoms with Crippen molar-refractivity contribution in [3.63, 3.8) is 0 Å². The Morgan fingerprint density at radius 2 is 1.87 bits per heavy atom. The Bertz CT molecular complexity index is 780. The third kappa shape index (κ3) is 4.36. The van der Waals surface area contributed by atoms with Crippen molar-refractivity contribution >= 4 is 15.7 Å². The molecule has 2 aromatic carbocycles. The summed E-state index contributed by atoms with van der Waals surface area (Å²) in [6.45, 7) is 5.63. The molecule has 0 saturated heterocycles. The zero-order chi connectivity index (χ0) is 16.9. The van der Waals surface area contributed by atoms with Crippen molar-refractivity contribution in [3.05, 3.63) is 66.2 Å². The van der Waals surface area contributed by atoms with E-state index in [1.807, 2.05) is 13.0 Å². The number of rotatable bonds is 7. The van der Waals surface area contributed by atoms with Crippen molar-refractivity contribution in [2.24, 2.45) is 0 Å². The molecule has 1 N–H and O–H groups in total. The van der Waals surface area contributed by atoms with Gasteiger partial charge in [0.2, 0.25) is 0 Å². The van der Waals surface area contributed by atoms with E-state index in [0.717, 1.165) is 17.5 Å². The van der Waals surface area contributed by atoms with E-state index < -0.39 is 10.0 Å². The minimum atomic E-state index is -3.61. The lowest BCUT2D eigenvalue weighted by Crippen LogP contribution is -2.14. The van der Waals surface area contributed by atoms with Gasteiger partial charge < -0.3 is 4.74 Å². The number of aryl methyl sites for hydroxylation is 2. The van der Waals surface area contributed by atoms with E-state index in [9.17, 15) is 8.42 Å². The summed E-state index contributed by atoms with van der Waals surface area (Å²) in [5.74, 6) is 0.697. The summed E-state index contributed by atoms with van der Waals surface area (Å²) in [7, 11) is -2.03. The summed E-state index contributed by atoms with van der Waals surface area (Å²) < 4.78 is 32.9. The zero-order valence-corrected chi connectivity index (χ0v) is 14.2. The summed E-state index contributed by atoms with van der Waals surface area (Å²) in [6.07, 6.45) is 3.25. The second-order valence-electron chi connectivity index (χ2n) is 5.27. The maximum atomic E-state index is 12.5. The lowest BCUT2D eigenvalue weighted by atomic mass is 10.1. The van der Waals surface area contributed by atoms with E-state index in [1.54, 1.807) is 49.6 Å². The van der Waals surface area contributed by atoms with Gasteiger partial charge in [-0.2, -0.15) is 0 Å². The van der Waals surface area contributed by atoms with Gasteiger partial charge in [-0.15, -0.1) is 6.58 Å². The molecule has 23 heavy (non-hydrogen) atoms. The number of hydrogen-bond donors (Lipinski definition) is 1. The number of ether oxygens (including phenoxy) is 1. The number of benzene rings is 2. The lowest BCUT2D eigenvalue weighted by molar-refractivity contribution is 0.414. The predicted molar refractivity (Wildman–Crippen MR) is 93.5 cm³/mol. The average Bonchev–Trinajstić information content (AvgIpc) is 2.54. The van der Waals surface area contributed by atoms with Crippen molar-refractivity contribution in [2.75, 3.05) is 11.8 Å². The molecule has 0 aliphatic rings. The van der Waals surface area contributed by atoms with Crippen molar-refractivity contribution < 1.29 is 13.2 Å². The largest absolute Gasteiger partial charge is 0.497 e. The second kappa shape index (κ2) is 7.33. The first kappa shape index (κ1) is 17.1. The summed E-state index contributed by atoms with van der Waals surface area (Å²) in [4.78, 5) is 0.244. The highest BCUT2D eigenvalue weighted by Gasteiger charge is 2.16. The SMILES string of the molecule is C=CCCc1cc(OC)ccc1NS(=O)(=O)c1ccc(C)cc1. The quantitative estimate of drug-likeness (QED) is 0.782. The molecular formula is C18H21NO3S. The molecular weight excluding hydrogens is 310 g/mol. The molecule has 0 aliphatic heterocycles. The highest BCUT2D eigenvalue weighted by atomic mass is 32.2. The van der Waals surface area contributed by atoms with E-state index in [1.165, 1.54) is 0 Å². The maximum absolute atomic E-state index is 12.5. The van der Waals surface area contributed by atoms with Gasteiger partial charge >= 0.3 is 0 Å². The van der Waals surface area contributed by atoms with Crippen LogP contribution >= 0.6 is 0 Å². The Morgan fingerprint density at radius 1 is 1.17 bits per heavy atom. The molecule has 0 heterocycles. The Balaban J connectivity index is 2.33. The van der Waals surface area contributed by atoms with E-state index in [-0.39, 0.29) is 4.90 Å². The third-order valence-electron chi connectivity index (χ3n) is 3.51. The predicted octanol–water partition coefficient (Wildman–Crippen LogP) is 3.92. The summed E-state index contributed by atoms with van der Waals surface area (Å²) in [6, 6.07) is 12.1. The van der Waals surface area contributed by atoms with Gasteiger partial charge in [0.15, 0.2) is 0 Å². The van der Waals surface area contributed by atoms with Crippen molar-refractivity contribution in [1.82, 2.24) is 0 Å². The van der Waals surface area contributed by atoms with Crippen molar-refractivity contribution in [1.29, 1.82) is 0 Å². The standard InChI is InChI=1S/C18H21NO3S/c1-4-5-6-15-13-16(22-3)9-12-18(15)19-23(20,21)17-10-7-14(2)8-11-17/h4,7-13,19H,1,5-6H2,2-3H3. The molecule has 0 amide bonds. The third-order valence-corrected chi connectivity index (χ3v) is 4.89. The van der Waals surface area contributed by atoms with Crippen LogP contribution in [0, 0.1) is 6.92 Å². The summed E-state index contributed by atoms with van der Waals surface area (Å²) in [5, 5.41) is 0. The maximum Gasteiger partial charge on any atom is 0.261 e. The monoisotopic (exact) mass is 331 g/mol. The van der Waals surface area contributed by atoms with Crippen LogP contribution in [0.5, 0.6) is 5.75 Å². The van der Waals surface area contributed by atoms with Crippen LogP contribution in [0.2, 0.25) is 0 Å². The first-order valence-corrected chi connectivity index (χ1v) is 8.82. The number of methoxy groups -OCH3 is 1. The number of nitrogens with one attached hydrogen (secondary N) is 1. The van der Waals surface area contributed by atoms with Gasteiger partial charge in [0, 0.05) is 0 Å². The van der Waals surface area contributed by atoms with Crippen LogP contribution in [0.15, 0.2) is 60.0 Å². The highest BCUT2D eigenvalue weighted by Crippen LogP contribution is 2.26. The Hall–Kier alpha value is -2.27. The zero-order valence-electron chi connectivity index (χ0n) is 13.4. The Labute approximate surface area is 137 Å². The normalized spacial score (nSPS) is 11.0.